The first kappa shape index (κ1) is 16.6. The quantitative estimate of drug-likeness (QED) is 0.725. The largest absolute Gasteiger partial charge is 0.326 e. The van der Waals surface area contributed by atoms with Crippen molar-refractivity contribution in [2.75, 3.05) is 11.6 Å². The van der Waals surface area contributed by atoms with Gasteiger partial charge < -0.3 is 11.1 Å². The number of aromatic nitrogens is 2. The second kappa shape index (κ2) is 5.77. The van der Waals surface area contributed by atoms with E-state index in [-0.39, 0.29) is 0 Å². The van der Waals surface area contributed by atoms with Crippen LogP contribution in [0.15, 0.2) is 35.4 Å². The summed E-state index contributed by atoms with van der Waals surface area (Å²) < 4.78 is 39.9. The van der Waals surface area contributed by atoms with Crippen molar-refractivity contribution in [2.24, 2.45) is 5.73 Å². The number of anilines is 2. The molecule has 4 nitrogen and oxygen atoms in total. The van der Waals surface area contributed by atoms with Gasteiger partial charge in [-0.1, -0.05) is 6.92 Å². The van der Waals surface area contributed by atoms with E-state index in [0.29, 0.717) is 30.9 Å². The van der Waals surface area contributed by atoms with Crippen LogP contribution in [0.5, 0.6) is 0 Å². The summed E-state index contributed by atoms with van der Waals surface area (Å²) in [6.07, 6.45) is 2.70. The Labute approximate surface area is 128 Å². The molecule has 0 spiro atoms. The Hall–Kier alpha value is -1.80. The zero-order valence-corrected chi connectivity index (χ0v) is 13.2. The Kier molecular flexibility index (Phi) is 4.35. The van der Waals surface area contributed by atoms with Gasteiger partial charge in [0.2, 0.25) is 5.95 Å². The highest BCUT2D eigenvalue weighted by Gasteiger charge is 2.34. The fourth-order valence-electron chi connectivity index (χ4n) is 1.97. The number of hydrogen-bond donors (Lipinski definition) is 3. The molecule has 0 aliphatic rings. The van der Waals surface area contributed by atoms with Gasteiger partial charge in [0, 0.05) is 35.1 Å². The molecule has 2 aromatic rings. The second-order valence-electron chi connectivity index (χ2n) is 5.07. The Morgan fingerprint density at radius 3 is 2.32 bits per heavy atom. The van der Waals surface area contributed by atoms with E-state index in [1.165, 1.54) is 12.1 Å². The van der Waals surface area contributed by atoms with E-state index < -0.39 is 15.2 Å². The molecule has 0 saturated carbocycles. The summed E-state index contributed by atoms with van der Waals surface area (Å²) in [5, 5.41) is 2.91. The minimum Gasteiger partial charge on any atom is -0.326 e. The minimum absolute atomic E-state index is 0.344. The standard InChI is InChI=1S/C14H19F3N4S/c1-3-13-10(8-18)9-19-14(21-13)20-11-4-6-12(7-5-11)22(2,15,16)17/h4-7,9,22H,3,8,18H2,1-2H3,(H,19,20,21). The lowest BCUT2D eigenvalue weighted by atomic mass is 10.2. The molecule has 2 rings (SSSR count). The van der Waals surface area contributed by atoms with Crippen LogP contribution in [-0.2, 0) is 13.0 Å². The molecule has 0 aliphatic heterocycles. The maximum atomic E-state index is 13.3. The number of nitrogens with one attached hydrogen (secondary N) is 1. The number of halogens is 3. The Morgan fingerprint density at radius 1 is 1.18 bits per heavy atom. The summed E-state index contributed by atoms with van der Waals surface area (Å²) in [7, 11) is -6.21. The van der Waals surface area contributed by atoms with Crippen molar-refractivity contribution in [2.45, 2.75) is 24.8 Å². The van der Waals surface area contributed by atoms with E-state index in [9.17, 15) is 11.7 Å². The average Bonchev–Trinajstić information content (AvgIpc) is 2.46. The van der Waals surface area contributed by atoms with Crippen molar-refractivity contribution in [1.82, 2.24) is 9.97 Å². The number of rotatable bonds is 5. The van der Waals surface area contributed by atoms with Crippen molar-refractivity contribution in [1.29, 1.82) is 0 Å². The van der Waals surface area contributed by atoms with Crippen LogP contribution in [-0.4, -0.2) is 16.2 Å². The monoisotopic (exact) mass is 332 g/mol. The first-order valence-electron chi connectivity index (χ1n) is 6.79. The second-order valence-corrected chi connectivity index (χ2v) is 7.94. The molecule has 0 amide bonds. The van der Waals surface area contributed by atoms with Gasteiger partial charge in [0.25, 0.3) is 0 Å². The molecule has 0 saturated heterocycles. The number of nitrogens with two attached hydrogens (primary N) is 1. The van der Waals surface area contributed by atoms with E-state index >= 15 is 0 Å². The van der Waals surface area contributed by atoms with E-state index in [2.05, 4.69) is 15.3 Å². The van der Waals surface area contributed by atoms with E-state index in [0.717, 1.165) is 23.4 Å². The third kappa shape index (κ3) is 3.89. The topological polar surface area (TPSA) is 63.8 Å². The van der Waals surface area contributed by atoms with Gasteiger partial charge in [-0.05, 0) is 30.7 Å². The van der Waals surface area contributed by atoms with Gasteiger partial charge >= 0.3 is 0 Å². The highest BCUT2D eigenvalue weighted by molar-refractivity contribution is 8.37. The minimum atomic E-state index is -6.21. The summed E-state index contributed by atoms with van der Waals surface area (Å²) in [5.74, 6) is 0.344. The first-order valence-corrected chi connectivity index (χ1v) is 9.15. The lowest BCUT2D eigenvalue weighted by molar-refractivity contribution is 0.600. The normalized spacial score (nSPS) is 13.5. The third-order valence-corrected chi connectivity index (χ3v) is 4.58. The first-order chi connectivity index (χ1) is 10.2. The predicted octanol–water partition coefficient (Wildman–Crippen LogP) is 3.96. The molecule has 0 atom stereocenters. The van der Waals surface area contributed by atoms with Crippen LogP contribution in [0.4, 0.5) is 23.3 Å². The molecule has 0 fully saturated rings. The van der Waals surface area contributed by atoms with Crippen molar-refractivity contribution in [3.63, 3.8) is 0 Å². The van der Waals surface area contributed by atoms with Gasteiger partial charge in [-0.3, -0.25) is 0 Å². The molecule has 1 heterocycles. The zero-order chi connectivity index (χ0) is 16.4. The SMILES string of the molecule is CCc1nc(Nc2ccc([SH](C)(F)(F)F)cc2)ncc1CN. The third-order valence-electron chi connectivity index (χ3n) is 3.18. The molecule has 3 N–H and O–H groups in total. The molecule has 0 aliphatic carbocycles. The maximum Gasteiger partial charge on any atom is 0.227 e. The molecule has 1 aromatic carbocycles. The molecule has 122 valence electrons. The van der Waals surface area contributed by atoms with Crippen molar-refractivity contribution < 1.29 is 11.7 Å². The van der Waals surface area contributed by atoms with Crippen LogP contribution in [0, 0.1) is 0 Å². The fraction of sp³-hybridized carbons (Fsp3) is 0.286. The number of nitrogens with zero attached hydrogens (tertiary/aromatic N) is 2. The Morgan fingerprint density at radius 2 is 1.82 bits per heavy atom. The van der Waals surface area contributed by atoms with E-state index in [1.54, 1.807) is 6.20 Å². The van der Waals surface area contributed by atoms with Gasteiger partial charge in [-0.15, -0.1) is 0 Å². The number of benzene rings is 1. The molecule has 0 unspecified atom stereocenters. The lowest BCUT2D eigenvalue weighted by Gasteiger charge is -2.33. The van der Waals surface area contributed by atoms with Crippen molar-refractivity contribution in [3.05, 3.63) is 41.7 Å². The van der Waals surface area contributed by atoms with E-state index in [1.807, 2.05) is 6.92 Å². The highest BCUT2D eigenvalue weighted by Crippen LogP contribution is 2.77. The molecular weight excluding hydrogens is 313 g/mol. The van der Waals surface area contributed by atoms with Gasteiger partial charge in [0.15, 0.2) is 0 Å². The van der Waals surface area contributed by atoms with Crippen LogP contribution in [0.3, 0.4) is 0 Å². The Bertz CT molecular complexity index is 659. The summed E-state index contributed by atoms with van der Waals surface area (Å²) in [6, 6.07) is 4.92. The van der Waals surface area contributed by atoms with Crippen LogP contribution in [0.1, 0.15) is 18.2 Å². The molecule has 0 bridgehead atoms. The predicted molar refractivity (Wildman–Crippen MR) is 85.5 cm³/mol. The van der Waals surface area contributed by atoms with Gasteiger partial charge in [0.1, 0.15) is 0 Å². The molecular formula is C14H19F3N4S. The van der Waals surface area contributed by atoms with Crippen LogP contribution >= 0.6 is 10.3 Å². The Balaban J connectivity index is 2.21. The van der Waals surface area contributed by atoms with Gasteiger partial charge in [-0.2, -0.15) is 11.7 Å². The molecule has 1 aromatic heterocycles. The van der Waals surface area contributed by atoms with Crippen LogP contribution < -0.4 is 11.1 Å². The summed E-state index contributed by atoms with van der Waals surface area (Å²) in [5.41, 5.74) is 7.79. The lowest BCUT2D eigenvalue weighted by Crippen LogP contribution is -2.07. The van der Waals surface area contributed by atoms with Crippen molar-refractivity contribution in [3.8, 4) is 0 Å². The molecule has 22 heavy (non-hydrogen) atoms. The maximum absolute atomic E-state index is 13.3. The molecule has 8 heteroatoms. The highest BCUT2D eigenvalue weighted by atomic mass is 32.4. The number of hydrogen-bond acceptors (Lipinski definition) is 4. The molecule has 0 radical (unpaired) electrons. The summed E-state index contributed by atoms with van der Waals surface area (Å²) in [4.78, 5) is 7.87. The number of thiol groups is 1. The zero-order valence-electron chi connectivity index (χ0n) is 12.4. The summed E-state index contributed by atoms with van der Waals surface area (Å²) in [6.45, 7) is 2.31. The van der Waals surface area contributed by atoms with Gasteiger partial charge in [-0.25, -0.2) is 9.97 Å². The fourth-order valence-corrected chi connectivity index (χ4v) is 2.76. The smallest absolute Gasteiger partial charge is 0.227 e. The van der Waals surface area contributed by atoms with Crippen LogP contribution in [0.2, 0.25) is 0 Å². The van der Waals surface area contributed by atoms with Crippen LogP contribution in [0.25, 0.3) is 0 Å². The number of aryl methyl sites for hydroxylation is 1. The van der Waals surface area contributed by atoms with Gasteiger partial charge in [0.05, 0.1) is 16.0 Å². The van der Waals surface area contributed by atoms with E-state index in [4.69, 9.17) is 5.73 Å². The van der Waals surface area contributed by atoms with Crippen molar-refractivity contribution >= 4 is 22.0 Å². The average molecular weight is 332 g/mol. The summed E-state index contributed by atoms with van der Waals surface area (Å²) >= 11 is 0.